The Kier molecular flexibility index (Phi) is 9.20. The quantitative estimate of drug-likeness (QED) is 0.407. The summed E-state index contributed by atoms with van der Waals surface area (Å²) in [7, 11) is 0. The van der Waals surface area contributed by atoms with E-state index >= 15 is 0 Å². The van der Waals surface area contributed by atoms with Crippen molar-refractivity contribution in [2.45, 2.75) is 42.6 Å². The van der Waals surface area contributed by atoms with Gasteiger partial charge in [0.05, 0.1) is 0 Å². The van der Waals surface area contributed by atoms with Crippen LogP contribution in [0.5, 0.6) is 0 Å². The molecule has 0 bridgehead atoms. The first-order valence-electron chi connectivity index (χ1n) is 7.64. The average molecular weight is 372 g/mol. The van der Waals surface area contributed by atoms with Gasteiger partial charge in [0.1, 0.15) is 6.10 Å². The molecular weight excluding hydrogens is 346 g/mol. The summed E-state index contributed by atoms with van der Waals surface area (Å²) in [5, 5.41) is 10.4. The molecule has 1 aromatic rings. The normalized spacial score (nSPS) is 13.4. The van der Waals surface area contributed by atoms with Gasteiger partial charge in [0, 0.05) is 16.5 Å². The fourth-order valence-electron chi connectivity index (χ4n) is 1.80. The summed E-state index contributed by atoms with van der Waals surface area (Å²) in [4.78, 5) is 24.8. The van der Waals surface area contributed by atoms with Crippen LogP contribution in [0.2, 0.25) is 0 Å². The first-order valence-corrected chi connectivity index (χ1v) is 9.92. The minimum absolute atomic E-state index is 0.417. The first kappa shape index (κ1) is 20.8. The van der Waals surface area contributed by atoms with Crippen molar-refractivity contribution in [1.29, 1.82) is 0 Å². The SMILES string of the molecule is CSc1ccc(C(=O)NNC(=O)C(O)[C@H](N)CCSC(C)C)cc1. The predicted octanol–water partition coefficient (Wildman–Crippen LogP) is 1.39. The minimum atomic E-state index is -1.36. The Bertz CT molecular complexity index is 538. The number of hydrazine groups is 1. The molecule has 0 spiro atoms. The van der Waals surface area contributed by atoms with E-state index in [2.05, 4.69) is 24.7 Å². The summed E-state index contributed by atoms with van der Waals surface area (Å²) in [5.41, 5.74) is 10.7. The van der Waals surface area contributed by atoms with Crippen LogP contribution < -0.4 is 16.6 Å². The van der Waals surface area contributed by atoms with E-state index in [1.807, 2.05) is 18.4 Å². The van der Waals surface area contributed by atoms with Crippen LogP contribution in [0.25, 0.3) is 0 Å². The van der Waals surface area contributed by atoms with Crippen LogP contribution in [0.3, 0.4) is 0 Å². The molecule has 6 nitrogen and oxygen atoms in total. The number of carbonyl (C=O) groups is 2. The Morgan fingerprint density at radius 1 is 1.21 bits per heavy atom. The predicted molar refractivity (Wildman–Crippen MR) is 100 cm³/mol. The van der Waals surface area contributed by atoms with E-state index < -0.39 is 24.0 Å². The number of nitrogens with two attached hydrogens (primary N) is 1. The number of hydrogen-bond donors (Lipinski definition) is 4. The lowest BCUT2D eigenvalue weighted by Gasteiger charge is -2.18. The Labute approximate surface area is 151 Å². The molecule has 2 atom stereocenters. The third-order valence-corrected chi connectivity index (χ3v) is 5.11. The molecule has 0 aliphatic rings. The highest BCUT2D eigenvalue weighted by Gasteiger charge is 2.23. The fraction of sp³-hybridized carbons (Fsp3) is 0.500. The molecule has 0 aromatic heterocycles. The number of nitrogens with one attached hydrogen (secondary N) is 2. The van der Waals surface area contributed by atoms with Crippen LogP contribution in [0.4, 0.5) is 0 Å². The van der Waals surface area contributed by atoms with Crippen molar-refractivity contribution >= 4 is 35.3 Å². The van der Waals surface area contributed by atoms with Gasteiger partial charge in [0.15, 0.2) is 0 Å². The first-order chi connectivity index (χ1) is 11.3. The molecule has 0 heterocycles. The molecule has 0 saturated heterocycles. The van der Waals surface area contributed by atoms with Crippen LogP contribution in [0.1, 0.15) is 30.6 Å². The molecule has 0 radical (unpaired) electrons. The molecule has 0 fully saturated rings. The number of aliphatic hydroxyl groups is 1. The Morgan fingerprint density at radius 2 is 1.83 bits per heavy atom. The van der Waals surface area contributed by atoms with Crippen molar-refractivity contribution in [2.24, 2.45) is 5.73 Å². The van der Waals surface area contributed by atoms with Gasteiger partial charge in [0.25, 0.3) is 11.8 Å². The summed E-state index contributed by atoms with van der Waals surface area (Å²) in [6, 6.07) is 6.29. The summed E-state index contributed by atoms with van der Waals surface area (Å²) < 4.78 is 0. The van der Waals surface area contributed by atoms with E-state index in [9.17, 15) is 14.7 Å². The van der Waals surface area contributed by atoms with E-state index in [-0.39, 0.29) is 0 Å². The second kappa shape index (κ2) is 10.6. The number of aliphatic hydroxyl groups excluding tert-OH is 1. The Hall–Kier alpha value is -1.22. The number of amides is 2. The molecule has 134 valence electrons. The van der Waals surface area contributed by atoms with E-state index in [0.29, 0.717) is 17.2 Å². The van der Waals surface area contributed by atoms with E-state index in [4.69, 9.17) is 5.73 Å². The highest BCUT2D eigenvalue weighted by molar-refractivity contribution is 7.99. The van der Waals surface area contributed by atoms with Crippen molar-refractivity contribution in [2.75, 3.05) is 12.0 Å². The molecule has 0 aliphatic heterocycles. The third kappa shape index (κ3) is 7.12. The van der Waals surface area contributed by atoms with Gasteiger partial charge in [-0.05, 0) is 47.9 Å². The smallest absolute Gasteiger partial charge is 0.269 e. The van der Waals surface area contributed by atoms with Gasteiger partial charge in [0.2, 0.25) is 0 Å². The van der Waals surface area contributed by atoms with Gasteiger partial charge in [-0.2, -0.15) is 11.8 Å². The maximum absolute atomic E-state index is 11.9. The monoisotopic (exact) mass is 371 g/mol. The van der Waals surface area contributed by atoms with E-state index in [1.54, 1.807) is 35.7 Å². The standard InChI is InChI=1S/C16H25N3O3S2/c1-10(2)24-9-8-13(17)14(20)16(22)19-18-15(21)11-4-6-12(23-3)7-5-11/h4-7,10,13-14,20H,8-9,17H2,1-3H3,(H,18,21)(H,19,22)/t13-,14?/m1/s1. The topological polar surface area (TPSA) is 104 Å². The highest BCUT2D eigenvalue weighted by Crippen LogP contribution is 2.14. The van der Waals surface area contributed by atoms with Gasteiger partial charge in [-0.15, -0.1) is 11.8 Å². The van der Waals surface area contributed by atoms with Gasteiger partial charge in [-0.1, -0.05) is 13.8 Å². The van der Waals surface area contributed by atoms with Crippen molar-refractivity contribution in [1.82, 2.24) is 10.9 Å². The van der Waals surface area contributed by atoms with Crippen molar-refractivity contribution < 1.29 is 14.7 Å². The van der Waals surface area contributed by atoms with Crippen molar-refractivity contribution in [3.63, 3.8) is 0 Å². The van der Waals surface area contributed by atoms with Crippen LogP contribution >= 0.6 is 23.5 Å². The van der Waals surface area contributed by atoms with Gasteiger partial charge >= 0.3 is 0 Å². The Morgan fingerprint density at radius 3 is 2.38 bits per heavy atom. The lowest BCUT2D eigenvalue weighted by molar-refractivity contribution is -0.131. The number of rotatable bonds is 8. The Balaban J connectivity index is 2.41. The minimum Gasteiger partial charge on any atom is -0.382 e. The second-order valence-corrected chi connectivity index (χ2v) is 8.05. The molecule has 0 aliphatic carbocycles. The zero-order valence-electron chi connectivity index (χ0n) is 14.1. The summed E-state index contributed by atoms with van der Waals surface area (Å²) in [6.07, 6.45) is 1.10. The van der Waals surface area contributed by atoms with E-state index in [1.165, 1.54) is 0 Å². The lowest BCUT2D eigenvalue weighted by Crippen LogP contribution is -2.52. The number of benzene rings is 1. The molecule has 8 heteroatoms. The van der Waals surface area contributed by atoms with Gasteiger partial charge in [-0.3, -0.25) is 20.4 Å². The van der Waals surface area contributed by atoms with Gasteiger partial charge in [-0.25, -0.2) is 0 Å². The number of carbonyl (C=O) groups excluding carboxylic acids is 2. The van der Waals surface area contributed by atoms with Crippen LogP contribution in [0.15, 0.2) is 29.2 Å². The fourth-order valence-corrected chi connectivity index (χ4v) is 3.09. The molecule has 1 unspecified atom stereocenters. The zero-order valence-corrected chi connectivity index (χ0v) is 15.7. The summed E-state index contributed by atoms with van der Waals surface area (Å²) in [6.45, 7) is 4.14. The molecule has 0 saturated carbocycles. The number of thioether (sulfide) groups is 2. The highest BCUT2D eigenvalue weighted by atomic mass is 32.2. The van der Waals surface area contributed by atoms with Crippen LogP contribution in [-0.4, -0.2) is 46.3 Å². The van der Waals surface area contributed by atoms with Crippen LogP contribution in [0, 0.1) is 0 Å². The van der Waals surface area contributed by atoms with E-state index in [0.717, 1.165) is 10.6 Å². The molecule has 1 aromatic carbocycles. The molecule has 2 amide bonds. The van der Waals surface area contributed by atoms with Crippen molar-refractivity contribution in [3.8, 4) is 0 Å². The third-order valence-electron chi connectivity index (χ3n) is 3.23. The molecular formula is C16H25N3O3S2. The molecule has 1 rings (SSSR count). The maximum Gasteiger partial charge on any atom is 0.269 e. The summed E-state index contributed by atoms with van der Waals surface area (Å²) >= 11 is 3.29. The second-order valence-electron chi connectivity index (χ2n) is 5.49. The van der Waals surface area contributed by atoms with Crippen molar-refractivity contribution in [3.05, 3.63) is 29.8 Å². The van der Waals surface area contributed by atoms with Gasteiger partial charge < -0.3 is 10.8 Å². The molecule has 24 heavy (non-hydrogen) atoms. The number of hydrogen-bond acceptors (Lipinski definition) is 6. The largest absolute Gasteiger partial charge is 0.382 e. The molecule has 5 N–H and O–H groups in total. The average Bonchev–Trinajstić information content (AvgIpc) is 2.58. The zero-order chi connectivity index (χ0) is 18.1. The summed E-state index contributed by atoms with van der Waals surface area (Å²) in [5.74, 6) is -0.407. The maximum atomic E-state index is 11.9. The lowest BCUT2D eigenvalue weighted by atomic mass is 10.1. The van der Waals surface area contributed by atoms with Crippen LogP contribution in [-0.2, 0) is 4.79 Å².